The fraction of sp³-hybridized carbons (Fsp3) is 0.300. The summed E-state index contributed by atoms with van der Waals surface area (Å²) in [5.41, 5.74) is 5.26. The van der Waals surface area contributed by atoms with Crippen LogP contribution in [0.5, 0.6) is 0 Å². The van der Waals surface area contributed by atoms with Gasteiger partial charge in [-0.15, -0.1) is 0 Å². The summed E-state index contributed by atoms with van der Waals surface area (Å²) in [6.45, 7) is 7.95. The molecular formula is C20H21N5O. The Morgan fingerprint density at radius 2 is 2.00 bits per heavy atom. The number of anilines is 1. The fourth-order valence-corrected chi connectivity index (χ4v) is 3.12. The number of benzene rings is 1. The van der Waals surface area contributed by atoms with Crippen LogP contribution in [0.15, 0.2) is 30.3 Å². The van der Waals surface area contributed by atoms with Gasteiger partial charge in [0.25, 0.3) is 5.91 Å². The van der Waals surface area contributed by atoms with E-state index in [9.17, 15) is 4.79 Å². The summed E-state index contributed by atoms with van der Waals surface area (Å²) >= 11 is 0. The smallest absolute Gasteiger partial charge is 0.264 e. The highest BCUT2D eigenvalue weighted by molar-refractivity contribution is 6.10. The van der Waals surface area contributed by atoms with Crippen molar-refractivity contribution in [2.45, 2.75) is 34.1 Å². The number of carbonyl (C=O) groups is 1. The van der Waals surface area contributed by atoms with Crippen molar-refractivity contribution in [3.8, 4) is 6.07 Å². The fourth-order valence-electron chi connectivity index (χ4n) is 3.12. The van der Waals surface area contributed by atoms with Gasteiger partial charge in [0.05, 0.1) is 18.2 Å². The van der Waals surface area contributed by atoms with Gasteiger partial charge in [0, 0.05) is 23.6 Å². The van der Waals surface area contributed by atoms with Crippen LogP contribution < -0.4 is 4.90 Å². The minimum Gasteiger partial charge on any atom is -0.307 e. The Hall–Kier alpha value is -3.20. The minimum absolute atomic E-state index is 0.184. The summed E-state index contributed by atoms with van der Waals surface area (Å²) in [7, 11) is 0. The molecule has 0 N–H and O–H groups in total. The lowest BCUT2D eigenvalue weighted by atomic mass is 10.1. The molecule has 2 heterocycles. The summed E-state index contributed by atoms with van der Waals surface area (Å²) in [6, 6.07) is 11.8. The van der Waals surface area contributed by atoms with Crippen molar-refractivity contribution in [1.82, 2.24) is 14.6 Å². The van der Waals surface area contributed by atoms with E-state index in [0.717, 1.165) is 22.6 Å². The SMILES string of the molecule is Cc1cccc(N(CCC#N)C(=O)c2c(C)nn3c(C)cc(C)nc23)c1. The second kappa shape index (κ2) is 6.96. The van der Waals surface area contributed by atoms with Crippen molar-refractivity contribution in [3.05, 3.63) is 58.5 Å². The van der Waals surface area contributed by atoms with Crippen LogP contribution in [-0.2, 0) is 0 Å². The van der Waals surface area contributed by atoms with Crippen molar-refractivity contribution in [3.63, 3.8) is 0 Å². The Bertz CT molecular complexity index is 1030. The van der Waals surface area contributed by atoms with Crippen LogP contribution in [0.3, 0.4) is 0 Å². The molecule has 3 aromatic rings. The summed E-state index contributed by atoms with van der Waals surface area (Å²) < 4.78 is 1.70. The van der Waals surface area contributed by atoms with Gasteiger partial charge in [-0.25, -0.2) is 9.50 Å². The lowest BCUT2D eigenvalue weighted by molar-refractivity contribution is 0.0988. The first kappa shape index (κ1) is 17.6. The second-order valence-corrected chi connectivity index (χ2v) is 6.44. The van der Waals surface area contributed by atoms with Gasteiger partial charge in [-0.1, -0.05) is 12.1 Å². The van der Waals surface area contributed by atoms with Crippen molar-refractivity contribution in [2.75, 3.05) is 11.4 Å². The average molecular weight is 347 g/mol. The highest BCUT2D eigenvalue weighted by Crippen LogP contribution is 2.23. The van der Waals surface area contributed by atoms with E-state index >= 15 is 0 Å². The zero-order valence-corrected chi connectivity index (χ0v) is 15.4. The van der Waals surface area contributed by atoms with Crippen molar-refractivity contribution in [1.29, 1.82) is 5.26 Å². The molecule has 0 bridgehead atoms. The molecule has 0 aliphatic carbocycles. The summed E-state index contributed by atoms with van der Waals surface area (Å²) in [5, 5.41) is 13.5. The molecule has 0 atom stereocenters. The van der Waals surface area contributed by atoms with E-state index in [4.69, 9.17) is 5.26 Å². The number of hydrogen-bond acceptors (Lipinski definition) is 4. The maximum absolute atomic E-state index is 13.4. The molecule has 0 aliphatic heterocycles. The molecule has 0 saturated carbocycles. The molecule has 6 nitrogen and oxygen atoms in total. The van der Waals surface area contributed by atoms with E-state index in [-0.39, 0.29) is 12.3 Å². The van der Waals surface area contributed by atoms with Crippen LogP contribution in [-0.4, -0.2) is 27.0 Å². The zero-order valence-electron chi connectivity index (χ0n) is 15.4. The van der Waals surface area contributed by atoms with Crippen molar-refractivity contribution >= 4 is 17.2 Å². The number of aromatic nitrogens is 3. The van der Waals surface area contributed by atoms with E-state index < -0.39 is 0 Å². The van der Waals surface area contributed by atoms with Crippen LogP contribution >= 0.6 is 0 Å². The highest BCUT2D eigenvalue weighted by atomic mass is 16.2. The molecule has 132 valence electrons. The average Bonchev–Trinajstić information content (AvgIpc) is 2.91. The lowest BCUT2D eigenvalue weighted by Gasteiger charge is -2.22. The van der Waals surface area contributed by atoms with E-state index in [1.807, 2.05) is 58.0 Å². The molecular weight excluding hydrogens is 326 g/mol. The molecule has 26 heavy (non-hydrogen) atoms. The molecule has 1 aromatic carbocycles. The quantitative estimate of drug-likeness (QED) is 0.724. The predicted molar refractivity (Wildman–Crippen MR) is 100 cm³/mol. The summed E-state index contributed by atoms with van der Waals surface area (Å²) in [4.78, 5) is 19.6. The largest absolute Gasteiger partial charge is 0.307 e. The molecule has 2 aromatic heterocycles. The molecule has 0 spiro atoms. The number of aryl methyl sites for hydroxylation is 4. The Labute approximate surface area is 152 Å². The van der Waals surface area contributed by atoms with Gasteiger partial charge in [0.1, 0.15) is 5.56 Å². The van der Waals surface area contributed by atoms with Crippen LogP contribution in [0.4, 0.5) is 5.69 Å². The summed E-state index contributed by atoms with van der Waals surface area (Å²) in [6.07, 6.45) is 0.253. The van der Waals surface area contributed by atoms with Crippen LogP contribution in [0.25, 0.3) is 5.65 Å². The molecule has 6 heteroatoms. The minimum atomic E-state index is -0.184. The van der Waals surface area contributed by atoms with Gasteiger partial charge in [-0.2, -0.15) is 10.4 Å². The molecule has 0 saturated heterocycles. The van der Waals surface area contributed by atoms with Gasteiger partial charge in [0.15, 0.2) is 5.65 Å². The molecule has 0 unspecified atom stereocenters. The van der Waals surface area contributed by atoms with Crippen molar-refractivity contribution in [2.24, 2.45) is 0 Å². The number of hydrogen-bond donors (Lipinski definition) is 0. The first-order chi connectivity index (χ1) is 12.4. The van der Waals surface area contributed by atoms with Gasteiger partial charge in [0.2, 0.25) is 0 Å². The molecule has 0 radical (unpaired) electrons. The Kier molecular flexibility index (Phi) is 4.72. The highest BCUT2D eigenvalue weighted by Gasteiger charge is 2.25. The number of nitrogens with zero attached hydrogens (tertiary/aromatic N) is 5. The lowest BCUT2D eigenvalue weighted by Crippen LogP contribution is -2.32. The number of amides is 1. The molecule has 1 amide bonds. The number of fused-ring (bicyclic) bond motifs is 1. The van der Waals surface area contributed by atoms with Gasteiger partial charge >= 0.3 is 0 Å². The van der Waals surface area contributed by atoms with Crippen LogP contribution in [0.1, 0.15) is 39.4 Å². The van der Waals surface area contributed by atoms with E-state index in [1.54, 1.807) is 9.42 Å². The van der Waals surface area contributed by atoms with E-state index in [2.05, 4.69) is 16.2 Å². The first-order valence-electron chi connectivity index (χ1n) is 8.51. The normalized spacial score (nSPS) is 10.7. The maximum Gasteiger partial charge on any atom is 0.264 e. The number of rotatable bonds is 4. The maximum atomic E-state index is 13.4. The van der Waals surface area contributed by atoms with Crippen LogP contribution in [0, 0.1) is 39.0 Å². The molecule has 3 rings (SSSR count). The Morgan fingerprint density at radius 1 is 1.23 bits per heavy atom. The van der Waals surface area contributed by atoms with E-state index in [0.29, 0.717) is 23.4 Å². The zero-order chi connectivity index (χ0) is 18.8. The molecule has 0 aliphatic rings. The van der Waals surface area contributed by atoms with E-state index in [1.165, 1.54) is 0 Å². The van der Waals surface area contributed by atoms with Gasteiger partial charge in [-0.05, 0) is 51.5 Å². The third-order valence-electron chi connectivity index (χ3n) is 4.29. The predicted octanol–water partition coefficient (Wildman–Crippen LogP) is 3.52. The summed E-state index contributed by atoms with van der Waals surface area (Å²) in [5.74, 6) is -0.184. The topological polar surface area (TPSA) is 74.3 Å². The monoisotopic (exact) mass is 347 g/mol. The van der Waals surface area contributed by atoms with Crippen molar-refractivity contribution < 1.29 is 4.79 Å². The van der Waals surface area contributed by atoms with Crippen LogP contribution in [0.2, 0.25) is 0 Å². The second-order valence-electron chi connectivity index (χ2n) is 6.44. The number of nitriles is 1. The standard InChI is InChI=1S/C20H21N5O/c1-13-7-5-8-17(11-13)24(10-6-9-21)20(26)18-16(4)23-25-15(3)12-14(2)22-19(18)25/h5,7-8,11-12H,6,10H2,1-4H3. The van der Waals surface area contributed by atoms with Gasteiger partial charge in [-0.3, -0.25) is 4.79 Å². The van der Waals surface area contributed by atoms with Gasteiger partial charge < -0.3 is 4.90 Å². The number of carbonyl (C=O) groups excluding carboxylic acids is 1. The Balaban J connectivity index is 2.14. The third-order valence-corrected chi connectivity index (χ3v) is 4.29. The first-order valence-corrected chi connectivity index (χ1v) is 8.51. The Morgan fingerprint density at radius 3 is 2.69 bits per heavy atom. The molecule has 0 fully saturated rings. The third kappa shape index (κ3) is 3.16.